The van der Waals surface area contributed by atoms with Crippen LogP contribution in [0.3, 0.4) is 0 Å². The number of phenolic OH excluding ortho intramolecular Hbond substituents is 1. The van der Waals surface area contributed by atoms with Crippen LogP contribution in [-0.4, -0.2) is 10.1 Å². The first-order chi connectivity index (χ1) is 6.16. The molecule has 0 amide bonds. The summed E-state index contributed by atoms with van der Waals surface area (Å²) in [4.78, 5) is 4.01. The lowest BCUT2D eigenvalue weighted by atomic mass is 10.2. The minimum absolute atomic E-state index is 0.165. The molecular formula is C9H5Cl2NO. The average Bonchev–Trinajstić information content (AvgIpc) is 2.08. The Morgan fingerprint density at radius 1 is 1.15 bits per heavy atom. The van der Waals surface area contributed by atoms with E-state index >= 15 is 0 Å². The van der Waals surface area contributed by atoms with Gasteiger partial charge in [-0.15, -0.1) is 0 Å². The molecule has 1 aromatic carbocycles. The number of pyridine rings is 1. The Morgan fingerprint density at radius 2 is 1.92 bits per heavy atom. The molecule has 13 heavy (non-hydrogen) atoms. The van der Waals surface area contributed by atoms with E-state index in [1.807, 2.05) is 0 Å². The smallest absolute Gasteiger partial charge is 0.148 e. The average molecular weight is 214 g/mol. The molecule has 0 spiro atoms. The number of hydrogen-bond donors (Lipinski definition) is 1. The van der Waals surface area contributed by atoms with E-state index in [0.29, 0.717) is 10.5 Å². The molecule has 0 unspecified atom stereocenters. The van der Waals surface area contributed by atoms with Crippen molar-refractivity contribution in [1.82, 2.24) is 4.98 Å². The number of rotatable bonds is 0. The summed E-state index contributed by atoms with van der Waals surface area (Å²) in [6.45, 7) is 0. The molecule has 0 radical (unpaired) electrons. The van der Waals surface area contributed by atoms with Crippen LogP contribution in [0.4, 0.5) is 0 Å². The minimum atomic E-state index is 0.165. The van der Waals surface area contributed by atoms with Crippen molar-refractivity contribution in [2.75, 3.05) is 0 Å². The van der Waals surface area contributed by atoms with E-state index in [9.17, 15) is 5.11 Å². The SMILES string of the molecule is Oc1ccc2cc(Cl)c(Cl)nc2c1. The maximum Gasteiger partial charge on any atom is 0.148 e. The van der Waals surface area contributed by atoms with Crippen molar-refractivity contribution < 1.29 is 5.11 Å². The summed E-state index contributed by atoms with van der Waals surface area (Å²) in [6, 6.07) is 6.57. The van der Waals surface area contributed by atoms with E-state index in [4.69, 9.17) is 23.2 Å². The Labute approximate surface area is 84.7 Å². The van der Waals surface area contributed by atoms with Crippen LogP contribution in [0.5, 0.6) is 5.75 Å². The molecular weight excluding hydrogens is 209 g/mol. The van der Waals surface area contributed by atoms with Crippen LogP contribution in [-0.2, 0) is 0 Å². The highest BCUT2D eigenvalue weighted by Gasteiger charge is 2.02. The number of nitrogens with zero attached hydrogens (tertiary/aromatic N) is 1. The molecule has 0 aliphatic carbocycles. The summed E-state index contributed by atoms with van der Waals surface area (Å²) in [7, 11) is 0. The fourth-order valence-corrected chi connectivity index (χ4v) is 1.41. The molecule has 1 heterocycles. The quantitative estimate of drug-likeness (QED) is 0.682. The Kier molecular flexibility index (Phi) is 2.02. The zero-order valence-corrected chi connectivity index (χ0v) is 7.97. The van der Waals surface area contributed by atoms with E-state index in [1.54, 1.807) is 18.2 Å². The number of fused-ring (bicyclic) bond motifs is 1. The normalized spacial score (nSPS) is 10.6. The summed E-state index contributed by atoms with van der Waals surface area (Å²) in [5.41, 5.74) is 0.634. The second kappa shape index (κ2) is 3.05. The maximum atomic E-state index is 9.17. The van der Waals surface area contributed by atoms with Crippen molar-refractivity contribution >= 4 is 34.1 Å². The largest absolute Gasteiger partial charge is 0.508 e. The van der Waals surface area contributed by atoms with E-state index in [2.05, 4.69) is 4.98 Å². The van der Waals surface area contributed by atoms with Crippen molar-refractivity contribution in [3.63, 3.8) is 0 Å². The number of phenols is 1. The van der Waals surface area contributed by atoms with E-state index in [-0.39, 0.29) is 10.9 Å². The van der Waals surface area contributed by atoms with Gasteiger partial charge in [-0.2, -0.15) is 0 Å². The zero-order chi connectivity index (χ0) is 9.42. The van der Waals surface area contributed by atoms with E-state index < -0.39 is 0 Å². The Morgan fingerprint density at radius 3 is 2.69 bits per heavy atom. The number of benzene rings is 1. The molecule has 0 saturated heterocycles. The van der Waals surface area contributed by atoms with Crippen LogP contribution in [0.2, 0.25) is 10.2 Å². The number of halogens is 2. The lowest BCUT2D eigenvalue weighted by Gasteiger charge is -2.00. The van der Waals surface area contributed by atoms with Gasteiger partial charge in [0.2, 0.25) is 0 Å². The molecule has 2 aromatic rings. The van der Waals surface area contributed by atoms with Gasteiger partial charge in [0.05, 0.1) is 10.5 Å². The van der Waals surface area contributed by atoms with Crippen LogP contribution in [0, 0.1) is 0 Å². The van der Waals surface area contributed by atoms with Gasteiger partial charge in [0.15, 0.2) is 0 Å². The van der Waals surface area contributed by atoms with Gasteiger partial charge in [0.25, 0.3) is 0 Å². The zero-order valence-electron chi connectivity index (χ0n) is 6.46. The van der Waals surface area contributed by atoms with Gasteiger partial charge in [-0.05, 0) is 18.2 Å². The predicted octanol–water partition coefficient (Wildman–Crippen LogP) is 3.25. The summed E-state index contributed by atoms with van der Waals surface area (Å²) in [5, 5.41) is 10.7. The van der Waals surface area contributed by atoms with Crippen LogP contribution >= 0.6 is 23.2 Å². The van der Waals surface area contributed by atoms with E-state index in [1.165, 1.54) is 6.07 Å². The topological polar surface area (TPSA) is 33.1 Å². The molecule has 0 aliphatic rings. The first-order valence-corrected chi connectivity index (χ1v) is 4.37. The fourth-order valence-electron chi connectivity index (χ4n) is 1.11. The molecule has 0 saturated carbocycles. The lowest BCUT2D eigenvalue weighted by molar-refractivity contribution is 0.476. The van der Waals surface area contributed by atoms with Gasteiger partial charge in [0, 0.05) is 11.5 Å². The van der Waals surface area contributed by atoms with Gasteiger partial charge < -0.3 is 5.11 Å². The minimum Gasteiger partial charge on any atom is -0.508 e. The van der Waals surface area contributed by atoms with Crippen LogP contribution in [0.15, 0.2) is 24.3 Å². The third kappa shape index (κ3) is 1.55. The van der Waals surface area contributed by atoms with Gasteiger partial charge in [-0.1, -0.05) is 23.2 Å². The van der Waals surface area contributed by atoms with Crippen molar-refractivity contribution in [2.24, 2.45) is 0 Å². The van der Waals surface area contributed by atoms with Crippen molar-refractivity contribution in [2.45, 2.75) is 0 Å². The highest BCUT2D eigenvalue weighted by Crippen LogP contribution is 2.26. The molecule has 0 fully saturated rings. The molecule has 1 N–H and O–H groups in total. The summed E-state index contributed by atoms with van der Waals surface area (Å²) >= 11 is 11.5. The monoisotopic (exact) mass is 213 g/mol. The first kappa shape index (κ1) is 8.60. The number of aromatic nitrogens is 1. The van der Waals surface area contributed by atoms with Gasteiger partial charge in [-0.3, -0.25) is 0 Å². The van der Waals surface area contributed by atoms with E-state index in [0.717, 1.165) is 5.39 Å². The Hall–Kier alpha value is -0.990. The molecule has 0 aliphatic heterocycles. The first-order valence-electron chi connectivity index (χ1n) is 3.61. The number of aromatic hydroxyl groups is 1. The predicted molar refractivity (Wildman–Crippen MR) is 53.4 cm³/mol. The molecule has 2 nitrogen and oxygen atoms in total. The van der Waals surface area contributed by atoms with Crippen LogP contribution < -0.4 is 0 Å². The third-order valence-electron chi connectivity index (χ3n) is 1.71. The third-order valence-corrected chi connectivity index (χ3v) is 2.38. The second-order valence-corrected chi connectivity index (χ2v) is 3.40. The highest BCUT2D eigenvalue weighted by molar-refractivity contribution is 6.41. The highest BCUT2D eigenvalue weighted by atomic mass is 35.5. The molecule has 4 heteroatoms. The number of hydrogen-bond acceptors (Lipinski definition) is 2. The van der Waals surface area contributed by atoms with Crippen LogP contribution in [0.1, 0.15) is 0 Å². The second-order valence-electron chi connectivity index (χ2n) is 2.64. The van der Waals surface area contributed by atoms with Crippen molar-refractivity contribution in [1.29, 1.82) is 0 Å². The van der Waals surface area contributed by atoms with Gasteiger partial charge in [-0.25, -0.2) is 4.98 Å². The summed E-state index contributed by atoms with van der Waals surface area (Å²) in [5.74, 6) is 0.165. The fraction of sp³-hybridized carbons (Fsp3) is 0. The van der Waals surface area contributed by atoms with Crippen molar-refractivity contribution in [3.8, 4) is 5.75 Å². The Bertz CT molecular complexity index is 470. The maximum absolute atomic E-state index is 9.17. The standard InChI is InChI=1S/C9H5Cl2NO/c10-7-3-5-1-2-6(13)4-8(5)12-9(7)11/h1-4,13H. The summed E-state index contributed by atoms with van der Waals surface area (Å²) < 4.78 is 0. The molecule has 0 atom stereocenters. The molecule has 2 rings (SSSR count). The molecule has 1 aromatic heterocycles. The summed E-state index contributed by atoms with van der Waals surface area (Å²) in [6.07, 6.45) is 0. The molecule has 0 bridgehead atoms. The van der Waals surface area contributed by atoms with Crippen molar-refractivity contribution in [3.05, 3.63) is 34.4 Å². The van der Waals surface area contributed by atoms with Crippen LogP contribution in [0.25, 0.3) is 10.9 Å². The molecule has 66 valence electrons. The van der Waals surface area contributed by atoms with Gasteiger partial charge >= 0.3 is 0 Å². The Balaban J connectivity index is 2.81. The van der Waals surface area contributed by atoms with Gasteiger partial charge in [0.1, 0.15) is 10.9 Å². The lowest BCUT2D eigenvalue weighted by Crippen LogP contribution is -1.80.